The van der Waals surface area contributed by atoms with Crippen molar-refractivity contribution >= 4 is 29.0 Å². The quantitative estimate of drug-likeness (QED) is 0.867. The molecule has 2 aromatic rings. The number of hydrogen-bond donors (Lipinski definition) is 1. The monoisotopic (exact) mass is 387 g/mol. The molecule has 27 heavy (non-hydrogen) atoms. The molecule has 1 N–H and O–H groups in total. The van der Waals surface area contributed by atoms with Gasteiger partial charge in [-0.3, -0.25) is 9.59 Å². The lowest BCUT2D eigenvalue weighted by Crippen LogP contribution is -2.49. The van der Waals surface area contributed by atoms with E-state index in [4.69, 9.17) is 4.52 Å². The summed E-state index contributed by atoms with van der Waals surface area (Å²) in [5, 5.41) is 8.69. The molecule has 2 aromatic heterocycles. The van der Waals surface area contributed by atoms with Crippen LogP contribution in [0.1, 0.15) is 49.2 Å². The number of rotatable bonds is 4. The second-order valence-corrected chi connectivity index (χ2v) is 8.59. The summed E-state index contributed by atoms with van der Waals surface area (Å²) >= 11 is 1.69. The minimum atomic E-state index is -0.332. The molecule has 1 aliphatic heterocycles. The zero-order chi connectivity index (χ0) is 18.9. The first-order valence-corrected chi connectivity index (χ1v) is 10.5. The highest BCUT2D eigenvalue weighted by atomic mass is 32.1. The molecule has 2 aliphatic rings. The number of thiophene rings is 1. The molecule has 3 heterocycles. The zero-order valence-electron chi connectivity index (χ0n) is 15.6. The van der Waals surface area contributed by atoms with E-state index in [1.165, 1.54) is 4.88 Å². The summed E-state index contributed by atoms with van der Waals surface area (Å²) in [6.07, 6.45) is 5.49. The Morgan fingerprint density at radius 1 is 1.30 bits per heavy atom. The Bertz CT molecular complexity index is 800. The van der Waals surface area contributed by atoms with Crippen LogP contribution in [-0.2, 0) is 15.0 Å². The van der Waals surface area contributed by atoms with Gasteiger partial charge in [0.1, 0.15) is 5.76 Å². The van der Waals surface area contributed by atoms with Gasteiger partial charge in [-0.15, -0.1) is 11.3 Å². The van der Waals surface area contributed by atoms with Crippen LogP contribution in [0.2, 0.25) is 0 Å². The molecule has 144 valence electrons. The standard InChI is InChI=1S/C20H25N3O3S/c1-14-13-17(22-26-14)21-18(24)15-6-10-23(11-7-15)19(25)20(8-2-3-9-20)16-5-4-12-27-16/h4-5,12-13,15H,2-3,6-11H2,1H3,(H,21,22,24). The smallest absolute Gasteiger partial charge is 0.234 e. The molecule has 0 radical (unpaired) electrons. The van der Waals surface area contributed by atoms with Gasteiger partial charge in [0.25, 0.3) is 0 Å². The lowest BCUT2D eigenvalue weighted by Gasteiger charge is -2.37. The summed E-state index contributed by atoms with van der Waals surface area (Å²) in [6, 6.07) is 5.85. The van der Waals surface area contributed by atoms with E-state index in [1.54, 1.807) is 24.3 Å². The second kappa shape index (κ2) is 7.46. The molecular formula is C20H25N3O3S. The third-order valence-corrected chi connectivity index (χ3v) is 6.97. The first-order valence-electron chi connectivity index (χ1n) is 9.66. The van der Waals surface area contributed by atoms with Crippen molar-refractivity contribution < 1.29 is 14.1 Å². The number of hydrogen-bond acceptors (Lipinski definition) is 5. The summed E-state index contributed by atoms with van der Waals surface area (Å²) in [5.41, 5.74) is -0.332. The van der Waals surface area contributed by atoms with Crippen molar-refractivity contribution in [2.75, 3.05) is 18.4 Å². The van der Waals surface area contributed by atoms with Gasteiger partial charge in [-0.25, -0.2) is 0 Å². The van der Waals surface area contributed by atoms with Crippen LogP contribution < -0.4 is 5.32 Å². The zero-order valence-corrected chi connectivity index (χ0v) is 16.4. The van der Waals surface area contributed by atoms with Crippen molar-refractivity contribution in [3.63, 3.8) is 0 Å². The van der Waals surface area contributed by atoms with Crippen LogP contribution in [0, 0.1) is 12.8 Å². The van der Waals surface area contributed by atoms with Crippen LogP contribution in [0.4, 0.5) is 5.82 Å². The van der Waals surface area contributed by atoms with Crippen LogP contribution in [0.25, 0.3) is 0 Å². The maximum atomic E-state index is 13.4. The molecule has 0 spiro atoms. The van der Waals surface area contributed by atoms with E-state index in [2.05, 4.69) is 21.9 Å². The van der Waals surface area contributed by atoms with Crippen LogP contribution >= 0.6 is 11.3 Å². The van der Waals surface area contributed by atoms with Gasteiger partial charge >= 0.3 is 0 Å². The summed E-state index contributed by atoms with van der Waals surface area (Å²) < 4.78 is 4.99. The largest absolute Gasteiger partial charge is 0.360 e. The molecule has 2 fully saturated rings. The van der Waals surface area contributed by atoms with Crippen molar-refractivity contribution in [2.24, 2.45) is 5.92 Å². The van der Waals surface area contributed by atoms with Crippen LogP contribution in [-0.4, -0.2) is 35.0 Å². The second-order valence-electron chi connectivity index (χ2n) is 7.65. The Labute approximate surface area is 162 Å². The van der Waals surface area contributed by atoms with E-state index in [-0.39, 0.29) is 23.1 Å². The van der Waals surface area contributed by atoms with E-state index < -0.39 is 0 Å². The number of carbonyl (C=O) groups excluding carboxylic acids is 2. The highest BCUT2D eigenvalue weighted by Crippen LogP contribution is 2.45. The summed E-state index contributed by atoms with van der Waals surface area (Å²) in [4.78, 5) is 29.0. The molecule has 6 nitrogen and oxygen atoms in total. The number of nitrogens with zero attached hydrogens (tertiary/aromatic N) is 2. The number of piperidine rings is 1. The normalized spacial score (nSPS) is 20.0. The Kier molecular flexibility index (Phi) is 5.04. The van der Waals surface area contributed by atoms with Gasteiger partial charge in [0, 0.05) is 30.0 Å². The molecule has 7 heteroatoms. The minimum Gasteiger partial charge on any atom is -0.360 e. The highest BCUT2D eigenvalue weighted by Gasteiger charge is 2.46. The van der Waals surface area contributed by atoms with Crippen LogP contribution in [0.5, 0.6) is 0 Å². The van der Waals surface area contributed by atoms with E-state index in [0.29, 0.717) is 37.5 Å². The number of aromatic nitrogens is 1. The third kappa shape index (κ3) is 3.52. The highest BCUT2D eigenvalue weighted by molar-refractivity contribution is 7.10. The Hall–Kier alpha value is -2.15. The van der Waals surface area contributed by atoms with E-state index in [0.717, 1.165) is 25.7 Å². The Balaban J connectivity index is 1.38. The predicted molar refractivity (Wildman–Crippen MR) is 104 cm³/mol. The van der Waals surface area contributed by atoms with Gasteiger partial charge in [-0.05, 0) is 44.1 Å². The molecule has 1 saturated heterocycles. The summed E-state index contributed by atoms with van der Waals surface area (Å²) in [6.45, 7) is 3.07. The Morgan fingerprint density at radius 3 is 2.63 bits per heavy atom. The van der Waals surface area contributed by atoms with E-state index in [9.17, 15) is 9.59 Å². The molecule has 0 aromatic carbocycles. The third-order valence-electron chi connectivity index (χ3n) is 5.89. The van der Waals surface area contributed by atoms with E-state index >= 15 is 0 Å². The van der Waals surface area contributed by atoms with Gasteiger partial charge in [-0.2, -0.15) is 0 Å². The predicted octanol–water partition coefficient (Wildman–Crippen LogP) is 3.73. The summed E-state index contributed by atoms with van der Waals surface area (Å²) in [5.74, 6) is 1.25. The first-order chi connectivity index (χ1) is 13.1. The Morgan fingerprint density at radius 2 is 2.04 bits per heavy atom. The molecule has 1 aliphatic carbocycles. The fourth-order valence-electron chi connectivity index (χ4n) is 4.40. The number of aryl methyl sites for hydroxylation is 1. The van der Waals surface area contributed by atoms with Gasteiger partial charge in [0.05, 0.1) is 5.41 Å². The maximum Gasteiger partial charge on any atom is 0.234 e. The molecule has 0 bridgehead atoms. The lowest BCUT2D eigenvalue weighted by molar-refractivity contribution is -0.140. The number of likely N-dealkylation sites (tertiary alicyclic amines) is 1. The number of nitrogens with one attached hydrogen (secondary N) is 1. The number of carbonyl (C=O) groups is 2. The minimum absolute atomic E-state index is 0.0377. The van der Waals surface area contributed by atoms with Crippen molar-refractivity contribution in [1.29, 1.82) is 0 Å². The van der Waals surface area contributed by atoms with E-state index in [1.807, 2.05) is 11.0 Å². The SMILES string of the molecule is Cc1cc(NC(=O)C2CCN(C(=O)C3(c4cccs4)CCCC3)CC2)no1. The molecular weight excluding hydrogens is 362 g/mol. The fourth-order valence-corrected chi connectivity index (χ4v) is 5.37. The average Bonchev–Trinajstić information content (AvgIpc) is 3.43. The van der Waals surface area contributed by atoms with Gasteiger partial charge < -0.3 is 14.7 Å². The van der Waals surface area contributed by atoms with Gasteiger partial charge in [-0.1, -0.05) is 24.1 Å². The molecule has 0 atom stereocenters. The fraction of sp³-hybridized carbons (Fsp3) is 0.550. The molecule has 1 saturated carbocycles. The maximum absolute atomic E-state index is 13.4. The first kappa shape index (κ1) is 18.2. The van der Waals surface area contributed by atoms with Crippen molar-refractivity contribution in [1.82, 2.24) is 10.1 Å². The number of anilines is 1. The topological polar surface area (TPSA) is 75.4 Å². The van der Waals surface area contributed by atoms with Crippen LogP contribution in [0.3, 0.4) is 0 Å². The molecule has 0 unspecified atom stereocenters. The van der Waals surface area contributed by atoms with Crippen molar-refractivity contribution in [2.45, 2.75) is 50.9 Å². The lowest BCUT2D eigenvalue weighted by atomic mass is 9.82. The average molecular weight is 388 g/mol. The summed E-state index contributed by atoms with van der Waals surface area (Å²) in [7, 11) is 0. The van der Waals surface area contributed by atoms with Crippen molar-refractivity contribution in [3.05, 3.63) is 34.2 Å². The molecule has 4 rings (SSSR count). The van der Waals surface area contributed by atoms with Gasteiger partial charge in [0.2, 0.25) is 11.8 Å². The molecule has 2 amide bonds. The number of amides is 2. The van der Waals surface area contributed by atoms with Crippen molar-refractivity contribution in [3.8, 4) is 0 Å². The van der Waals surface area contributed by atoms with Crippen LogP contribution in [0.15, 0.2) is 28.1 Å². The van der Waals surface area contributed by atoms with Gasteiger partial charge in [0.15, 0.2) is 5.82 Å².